The Morgan fingerprint density at radius 3 is 2.86 bits per heavy atom. The molecule has 0 fully saturated rings. The summed E-state index contributed by atoms with van der Waals surface area (Å²) in [5.74, 6) is 0.395. The Morgan fingerprint density at radius 1 is 1.28 bits per heavy atom. The highest BCUT2D eigenvalue weighted by molar-refractivity contribution is 6.01. The molecule has 7 nitrogen and oxygen atoms in total. The van der Waals surface area contributed by atoms with Crippen molar-refractivity contribution in [2.75, 3.05) is 7.11 Å². The SMILES string of the molecule is COc1ccc(C)cc1[C@@H](C)NC(=O)Cn1cnc2c(oc3ccccc32)c1=O. The Hall–Kier alpha value is -3.61. The number of amides is 1. The molecule has 0 saturated carbocycles. The smallest absolute Gasteiger partial charge is 0.297 e. The van der Waals surface area contributed by atoms with E-state index < -0.39 is 0 Å². The van der Waals surface area contributed by atoms with Crippen LogP contribution in [0.25, 0.3) is 22.1 Å². The molecule has 0 aliphatic carbocycles. The Balaban J connectivity index is 1.58. The zero-order valence-corrected chi connectivity index (χ0v) is 16.4. The molecule has 29 heavy (non-hydrogen) atoms. The van der Waals surface area contributed by atoms with Crippen molar-refractivity contribution in [1.82, 2.24) is 14.9 Å². The molecular weight excluding hydrogens is 370 g/mol. The predicted molar refractivity (Wildman–Crippen MR) is 110 cm³/mol. The fourth-order valence-corrected chi connectivity index (χ4v) is 3.44. The van der Waals surface area contributed by atoms with E-state index in [2.05, 4.69) is 10.3 Å². The number of rotatable bonds is 5. The highest BCUT2D eigenvalue weighted by Gasteiger charge is 2.17. The maximum Gasteiger partial charge on any atom is 0.297 e. The molecule has 0 aliphatic rings. The number of ether oxygens (including phenoxy) is 1. The van der Waals surface area contributed by atoms with E-state index >= 15 is 0 Å². The van der Waals surface area contributed by atoms with E-state index in [9.17, 15) is 9.59 Å². The van der Waals surface area contributed by atoms with Gasteiger partial charge in [0.05, 0.1) is 19.5 Å². The third-order valence-corrected chi connectivity index (χ3v) is 4.89. The quantitative estimate of drug-likeness (QED) is 0.564. The van der Waals surface area contributed by atoms with Crippen LogP contribution in [-0.4, -0.2) is 22.6 Å². The minimum Gasteiger partial charge on any atom is -0.496 e. The molecule has 0 radical (unpaired) electrons. The lowest BCUT2D eigenvalue weighted by atomic mass is 10.0. The second-order valence-electron chi connectivity index (χ2n) is 6.99. The predicted octanol–water partition coefficient (Wildman–Crippen LogP) is 3.34. The van der Waals surface area contributed by atoms with Gasteiger partial charge in [0, 0.05) is 10.9 Å². The number of para-hydroxylation sites is 1. The largest absolute Gasteiger partial charge is 0.496 e. The molecule has 1 atom stereocenters. The normalized spacial score (nSPS) is 12.2. The van der Waals surface area contributed by atoms with Crippen LogP contribution in [0.1, 0.15) is 24.1 Å². The molecular formula is C22H21N3O4. The van der Waals surface area contributed by atoms with E-state index in [1.807, 2.05) is 50.2 Å². The van der Waals surface area contributed by atoms with Gasteiger partial charge in [-0.25, -0.2) is 4.98 Å². The first-order valence-electron chi connectivity index (χ1n) is 9.28. The summed E-state index contributed by atoms with van der Waals surface area (Å²) in [5.41, 5.74) is 2.79. The second kappa shape index (κ2) is 7.43. The number of fused-ring (bicyclic) bond motifs is 3. The molecule has 0 unspecified atom stereocenters. The minimum atomic E-state index is -0.387. The number of benzene rings is 2. The van der Waals surface area contributed by atoms with Gasteiger partial charge in [0.1, 0.15) is 23.4 Å². The minimum absolute atomic E-state index is 0.148. The summed E-state index contributed by atoms with van der Waals surface area (Å²) in [6.45, 7) is 3.70. The summed E-state index contributed by atoms with van der Waals surface area (Å²) in [6.07, 6.45) is 1.38. The Kier molecular flexibility index (Phi) is 4.80. The molecule has 1 N–H and O–H groups in total. The highest BCUT2D eigenvalue weighted by atomic mass is 16.5. The molecule has 148 valence electrons. The van der Waals surface area contributed by atoms with E-state index in [-0.39, 0.29) is 29.6 Å². The number of nitrogens with zero attached hydrogens (tertiary/aromatic N) is 2. The topological polar surface area (TPSA) is 86.4 Å². The molecule has 2 heterocycles. The summed E-state index contributed by atoms with van der Waals surface area (Å²) >= 11 is 0. The lowest BCUT2D eigenvalue weighted by molar-refractivity contribution is -0.122. The maximum atomic E-state index is 12.8. The van der Waals surface area contributed by atoms with Crippen LogP contribution in [0.4, 0.5) is 0 Å². The van der Waals surface area contributed by atoms with Gasteiger partial charge in [-0.1, -0.05) is 29.8 Å². The van der Waals surface area contributed by atoms with Gasteiger partial charge in [-0.15, -0.1) is 0 Å². The van der Waals surface area contributed by atoms with Gasteiger partial charge in [0.25, 0.3) is 5.56 Å². The van der Waals surface area contributed by atoms with E-state index in [0.29, 0.717) is 16.8 Å². The fourth-order valence-electron chi connectivity index (χ4n) is 3.44. The molecule has 0 saturated heterocycles. The van der Waals surface area contributed by atoms with Gasteiger partial charge >= 0.3 is 0 Å². The average molecular weight is 391 g/mol. The number of furan rings is 1. The summed E-state index contributed by atoms with van der Waals surface area (Å²) in [5, 5.41) is 3.69. The van der Waals surface area contributed by atoms with E-state index in [4.69, 9.17) is 9.15 Å². The van der Waals surface area contributed by atoms with Crippen molar-refractivity contribution >= 4 is 28.0 Å². The maximum absolute atomic E-state index is 12.8. The van der Waals surface area contributed by atoms with Crippen LogP contribution >= 0.6 is 0 Å². The number of carbonyl (C=O) groups is 1. The summed E-state index contributed by atoms with van der Waals surface area (Å²) < 4.78 is 12.3. The molecule has 2 aromatic heterocycles. The van der Waals surface area contributed by atoms with Crippen molar-refractivity contribution in [3.63, 3.8) is 0 Å². The fraction of sp³-hybridized carbons (Fsp3) is 0.227. The van der Waals surface area contributed by atoms with Crippen LogP contribution in [0.2, 0.25) is 0 Å². The van der Waals surface area contributed by atoms with Gasteiger partial charge in [-0.2, -0.15) is 0 Å². The van der Waals surface area contributed by atoms with Crippen LogP contribution < -0.4 is 15.6 Å². The van der Waals surface area contributed by atoms with Crippen molar-refractivity contribution in [2.45, 2.75) is 26.4 Å². The first-order valence-corrected chi connectivity index (χ1v) is 9.28. The number of aromatic nitrogens is 2. The van der Waals surface area contributed by atoms with Gasteiger partial charge in [0.15, 0.2) is 0 Å². The number of carbonyl (C=O) groups excluding carboxylic acids is 1. The standard InChI is InChI=1S/C22H21N3O4/c1-13-8-9-17(28-3)16(10-13)14(2)24-19(26)11-25-12-23-20-15-6-4-5-7-18(15)29-21(20)22(25)27/h4-10,12,14H,11H2,1-3H3,(H,24,26)/t14-/m1/s1. The van der Waals surface area contributed by atoms with Crippen LogP contribution in [0.3, 0.4) is 0 Å². The van der Waals surface area contributed by atoms with Gasteiger partial charge in [0.2, 0.25) is 11.5 Å². The van der Waals surface area contributed by atoms with Crippen molar-refractivity contribution in [3.05, 3.63) is 70.3 Å². The van der Waals surface area contributed by atoms with Crippen molar-refractivity contribution in [2.24, 2.45) is 0 Å². The van der Waals surface area contributed by atoms with Crippen LogP contribution in [0.15, 0.2) is 58.0 Å². The first kappa shape index (κ1) is 18.7. The lowest BCUT2D eigenvalue weighted by Crippen LogP contribution is -2.34. The summed E-state index contributed by atoms with van der Waals surface area (Å²) in [6, 6.07) is 12.8. The molecule has 4 rings (SSSR count). The second-order valence-corrected chi connectivity index (χ2v) is 6.99. The van der Waals surface area contributed by atoms with E-state index in [0.717, 1.165) is 16.5 Å². The average Bonchev–Trinajstić information content (AvgIpc) is 3.09. The van der Waals surface area contributed by atoms with Crippen LogP contribution in [0, 0.1) is 6.92 Å². The lowest BCUT2D eigenvalue weighted by Gasteiger charge is -2.18. The Morgan fingerprint density at radius 2 is 2.07 bits per heavy atom. The summed E-state index contributed by atoms with van der Waals surface area (Å²) in [4.78, 5) is 29.7. The molecule has 2 aromatic carbocycles. The third-order valence-electron chi connectivity index (χ3n) is 4.89. The monoisotopic (exact) mass is 391 g/mol. The molecule has 0 bridgehead atoms. The van der Waals surface area contributed by atoms with E-state index in [1.54, 1.807) is 13.2 Å². The molecule has 0 aliphatic heterocycles. The molecule has 0 spiro atoms. The van der Waals surface area contributed by atoms with Crippen molar-refractivity contribution in [1.29, 1.82) is 0 Å². The van der Waals surface area contributed by atoms with Crippen molar-refractivity contribution in [3.8, 4) is 5.75 Å². The van der Waals surface area contributed by atoms with Crippen molar-refractivity contribution < 1.29 is 13.9 Å². The van der Waals surface area contributed by atoms with Gasteiger partial charge in [-0.05, 0) is 32.0 Å². The number of hydrogen-bond donors (Lipinski definition) is 1. The molecule has 4 aromatic rings. The van der Waals surface area contributed by atoms with Gasteiger partial charge < -0.3 is 14.5 Å². The number of hydrogen-bond acceptors (Lipinski definition) is 5. The van der Waals surface area contributed by atoms with Gasteiger partial charge in [-0.3, -0.25) is 14.2 Å². The number of nitrogens with one attached hydrogen (secondary N) is 1. The third kappa shape index (κ3) is 3.47. The highest BCUT2D eigenvalue weighted by Crippen LogP contribution is 2.26. The Labute approximate surface area is 166 Å². The summed E-state index contributed by atoms with van der Waals surface area (Å²) in [7, 11) is 1.59. The van der Waals surface area contributed by atoms with Crippen LogP contribution in [0.5, 0.6) is 5.75 Å². The molecule has 7 heteroatoms. The number of methoxy groups -OCH3 is 1. The first-order chi connectivity index (χ1) is 14.0. The zero-order valence-electron chi connectivity index (χ0n) is 16.4. The number of aryl methyl sites for hydroxylation is 1. The van der Waals surface area contributed by atoms with Crippen LogP contribution in [-0.2, 0) is 11.3 Å². The zero-order chi connectivity index (χ0) is 20.5. The van der Waals surface area contributed by atoms with E-state index in [1.165, 1.54) is 10.9 Å². The molecule has 1 amide bonds. The Bertz CT molecular complexity index is 1270.